The number of imide groups is 1. The fourth-order valence-electron chi connectivity index (χ4n) is 11.2. The van der Waals surface area contributed by atoms with E-state index in [1.807, 2.05) is 26.0 Å². The molecule has 7 heterocycles. The van der Waals surface area contributed by atoms with Gasteiger partial charge in [0.15, 0.2) is 29.2 Å². The summed E-state index contributed by atoms with van der Waals surface area (Å²) in [7, 11) is 9.29. The van der Waals surface area contributed by atoms with E-state index < -0.39 is 47.8 Å². The van der Waals surface area contributed by atoms with Gasteiger partial charge in [-0.2, -0.15) is 0 Å². The summed E-state index contributed by atoms with van der Waals surface area (Å²) >= 11 is 0. The van der Waals surface area contributed by atoms with Crippen molar-refractivity contribution in [1.82, 2.24) is 20.0 Å². The highest BCUT2D eigenvalue weighted by Crippen LogP contribution is 2.64. The Morgan fingerprint density at radius 1 is 0.683 bits per heavy atom. The summed E-state index contributed by atoms with van der Waals surface area (Å²) in [6.07, 6.45) is -1.77. The SMILES string of the molecule is COc1c(C)c(OC)c(OC)c2c1C[C@@H]1N[C@H]2C2[C@@H]3OC4c5ccccc5C(=O)N4C[C@@](CN4C(=O)c5ccccc5C4=O)(c4c(OC)c(OC)c(C)c(OC)c43)N2C1=O. The molecule has 0 radical (unpaired) electrons. The molecular weight excluding hydrogens is 773 g/mol. The summed E-state index contributed by atoms with van der Waals surface area (Å²) < 4.78 is 44.3. The van der Waals surface area contributed by atoms with Crippen LogP contribution in [0, 0.1) is 13.8 Å². The molecule has 1 N–H and O–H groups in total. The van der Waals surface area contributed by atoms with Crippen molar-refractivity contribution in [1.29, 1.82) is 0 Å². The van der Waals surface area contributed by atoms with Gasteiger partial charge < -0.3 is 43.0 Å². The van der Waals surface area contributed by atoms with E-state index in [9.17, 15) is 14.4 Å². The molecule has 7 aliphatic heterocycles. The van der Waals surface area contributed by atoms with Crippen LogP contribution in [0.25, 0.3) is 0 Å². The summed E-state index contributed by atoms with van der Waals surface area (Å²) in [5, 5.41) is 3.66. The molecule has 2 fully saturated rings. The maximum absolute atomic E-state index is 15.9. The lowest BCUT2D eigenvalue weighted by molar-refractivity contribution is -0.203. The predicted octanol–water partition coefficient (Wildman–Crippen LogP) is 4.55. The molecule has 0 spiro atoms. The number of nitrogens with zero attached hydrogens (tertiary/aromatic N) is 3. The van der Waals surface area contributed by atoms with Gasteiger partial charge in [-0.15, -0.1) is 0 Å². The Labute approximate surface area is 346 Å². The first-order valence-corrected chi connectivity index (χ1v) is 19.8. The minimum atomic E-state index is -1.69. The number of carbonyl (C=O) groups is 4. The number of hydrogen-bond acceptors (Lipinski definition) is 12. The van der Waals surface area contributed by atoms with E-state index in [4.69, 9.17) is 33.2 Å². The molecule has 4 aromatic carbocycles. The van der Waals surface area contributed by atoms with Gasteiger partial charge in [-0.1, -0.05) is 30.3 Å². The van der Waals surface area contributed by atoms with E-state index in [-0.39, 0.29) is 48.2 Å². The Morgan fingerprint density at radius 2 is 1.25 bits per heavy atom. The van der Waals surface area contributed by atoms with Crippen LogP contribution in [0.3, 0.4) is 0 Å². The van der Waals surface area contributed by atoms with Crippen LogP contribution in [-0.2, 0) is 21.5 Å². The van der Waals surface area contributed by atoms with Gasteiger partial charge in [0.2, 0.25) is 5.91 Å². The number of nitrogens with one attached hydrogen (secondary N) is 1. The lowest BCUT2D eigenvalue weighted by Gasteiger charge is -2.63. The number of rotatable bonds is 8. The minimum absolute atomic E-state index is 0.202. The van der Waals surface area contributed by atoms with Crippen LogP contribution >= 0.6 is 0 Å². The summed E-state index contributed by atoms with van der Waals surface area (Å²) in [5.74, 6) is 0.764. The van der Waals surface area contributed by atoms with Gasteiger partial charge in [0.25, 0.3) is 17.7 Å². The molecule has 4 amide bonds. The van der Waals surface area contributed by atoms with E-state index in [1.54, 1.807) is 74.6 Å². The fraction of sp³-hybridized carbons (Fsp3) is 0.378. The Bertz CT molecular complexity index is 2560. The number of amides is 4. The van der Waals surface area contributed by atoms with Gasteiger partial charge in [0, 0.05) is 50.9 Å². The smallest absolute Gasteiger partial charge is 0.261 e. The van der Waals surface area contributed by atoms with E-state index >= 15 is 4.79 Å². The summed E-state index contributed by atoms with van der Waals surface area (Å²) in [5.41, 5.74) is 3.61. The van der Waals surface area contributed by atoms with E-state index in [2.05, 4.69) is 5.32 Å². The molecule has 0 aromatic heterocycles. The van der Waals surface area contributed by atoms with Crippen molar-refractivity contribution < 1.29 is 52.3 Å². The highest BCUT2D eigenvalue weighted by atomic mass is 16.5. The molecule has 6 atom stereocenters. The second-order valence-electron chi connectivity index (χ2n) is 15.9. The molecule has 4 aromatic rings. The Hall–Kier alpha value is -6.32. The number of benzene rings is 4. The predicted molar refractivity (Wildman–Crippen MR) is 213 cm³/mol. The van der Waals surface area contributed by atoms with Crippen molar-refractivity contribution in [2.45, 2.75) is 56.3 Å². The molecule has 4 bridgehead atoms. The van der Waals surface area contributed by atoms with Gasteiger partial charge in [0.05, 0.1) is 85.0 Å². The third-order valence-electron chi connectivity index (χ3n) is 13.4. The van der Waals surface area contributed by atoms with Crippen molar-refractivity contribution in [3.05, 3.63) is 104 Å². The van der Waals surface area contributed by atoms with Crippen molar-refractivity contribution in [3.63, 3.8) is 0 Å². The van der Waals surface area contributed by atoms with Crippen molar-refractivity contribution >= 4 is 23.6 Å². The van der Waals surface area contributed by atoms with Crippen LogP contribution in [0.2, 0.25) is 0 Å². The minimum Gasteiger partial charge on any atom is -0.496 e. The lowest BCUT2D eigenvalue weighted by Crippen LogP contribution is -2.76. The lowest BCUT2D eigenvalue weighted by atomic mass is 9.67. The maximum atomic E-state index is 15.9. The molecule has 2 unspecified atom stereocenters. The Balaban J connectivity index is 1.34. The number of hydrogen-bond donors (Lipinski definition) is 1. The third-order valence-corrected chi connectivity index (χ3v) is 13.4. The summed E-state index contributed by atoms with van der Waals surface area (Å²) in [4.78, 5) is 64.2. The van der Waals surface area contributed by atoms with Gasteiger partial charge >= 0.3 is 0 Å². The molecule has 0 saturated carbocycles. The first-order chi connectivity index (χ1) is 29.0. The third kappa shape index (κ3) is 4.61. The van der Waals surface area contributed by atoms with Crippen LogP contribution in [0.15, 0.2) is 48.5 Å². The van der Waals surface area contributed by atoms with Crippen LogP contribution in [-0.4, -0.2) is 106 Å². The molecule has 11 rings (SSSR count). The quantitative estimate of drug-likeness (QED) is 0.248. The second-order valence-corrected chi connectivity index (χ2v) is 15.9. The normalized spacial score (nSPS) is 25.4. The number of methoxy groups -OCH3 is 6. The number of piperazine rings is 1. The molecule has 2 saturated heterocycles. The average molecular weight is 817 g/mol. The molecule has 7 aliphatic rings. The van der Waals surface area contributed by atoms with Crippen molar-refractivity contribution in [2.75, 3.05) is 55.7 Å². The summed E-state index contributed by atoms with van der Waals surface area (Å²) in [6.45, 7) is 3.16. The highest BCUT2D eigenvalue weighted by Gasteiger charge is 2.67. The van der Waals surface area contributed by atoms with Crippen LogP contribution in [0.4, 0.5) is 0 Å². The number of fused-ring (bicyclic) bond motifs is 6. The number of ether oxygens (including phenoxy) is 7. The topological polar surface area (TPSA) is 155 Å². The van der Waals surface area contributed by atoms with Gasteiger partial charge in [-0.25, -0.2) is 0 Å². The Kier molecular flexibility index (Phi) is 8.43. The monoisotopic (exact) mass is 816 g/mol. The summed E-state index contributed by atoms with van der Waals surface area (Å²) in [6, 6.07) is 11.4. The largest absolute Gasteiger partial charge is 0.496 e. The zero-order valence-corrected chi connectivity index (χ0v) is 34.5. The van der Waals surface area contributed by atoms with Crippen LogP contribution in [0.1, 0.15) is 88.4 Å². The molecule has 15 nitrogen and oxygen atoms in total. The standard InChI is InChI=1S/C45H44N4O11/c1-20-33(54-3)26-17-27-43(53)49-32(31(46-27)28(26)38(58-7)35(20)56-5)37-29-30(39(59-8)36(57-6)21(2)34(29)55-4)45(49,18-47-40(50)22-13-9-10-14-23(22)41(47)51)19-48-42(52)24-15-11-12-16-25(24)44(48)60-37/h9-16,27,31-32,37,44,46H,17-19H2,1-8H3/t27-,31+,32?,37+,44?,45-/m0/s1. The molecule has 60 heavy (non-hydrogen) atoms. The maximum Gasteiger partial charge on any atom is 0.261 e. The first kappa shape index (κ1) is 37.9. The van der Waals surface area contributed by atoms with E-state index in [0.717, 1.165) is 5.56 Å². The van der Waals surface area contributed by atoms with Gasteiger partial charge in [-0.3, -0.25) is 29.4 Å². The highest BCUT2D eigenvalue weighted by molar-refractivity contribution is 6.21. The van der Waals surface area contributed by atoms with Crippen LogP contribution in [0.5, 0.6) is 34.5 Å². The van der Waals surface area contributed by atoms with Gasteiger partial charge in [-0.05, 0) is 32.0 Å². The second kappa shape index (κ2) is 13.3. The molecule has 15 heteroatoms. The van der Waals surface area contributed by atoms with E-state index in [1.165, 1.54) is 19.1 Å². The molecule has 310 valence electrons. The zero-order valence-electron chi connectivity index (χ0n) is 34.5. The zero-order chi connectivity index (χ0) is 42.1. The molecular formula is C45H44N4O11. The molecule has 0 aliphatic carbocycles. The van der Waals surface area contributed by atoms with Gasteiger partial charge in [0.1, 0.15) is 23.1 Å². The Morgan fingerprint density at radius 3 is 1.87 bits per heavy atom. The van der Waals surface area contributed by atoms with Crippen LogP contribution < -0.4 is 33.7 Å². The fourth-order valence-corrected chi connectivity index (χ4v) is 11.2. The van der Waals surface area contributed by atoms with E-state index in [0.29, 0.717) is 67.7 Å². The first-order valence-electron chi connectivity index (χ1n) is 19.8. The van der Waals surface area contributed by atoms with Crippen molar-refractivity contribution in [3.8, 4) is 34.5 Å². The number of carbonyl (C=O) groups excluding carboxylic acids is 4. The average Bonchev–Trinajstić information content (AvgIpc) is 3.64. The van der Waals surface area contributed by atoms with Crippen molar-refractivity contribution in [2.24, 2.45) is 0 Å².